The highest BCUT2D eigenvalue weighted by atomic mass is 15.0. The lowest BCUT2D eigenvalue weighted by Crippen LogP contribution is -1.98. The summed E-state index contributed by atoms with van der Waals surface area (Å²) in [5, 5.41) is 27.0. The molecule has 0 amide bonds. The molecule has 0 atom stereocenters. The van der Waals surface area contributed by atoms with Gasteiger partial charge in [-0.05, 0) is 96.1 Å². The van der Waals surface area contributed by atoms with E-state index in [9.17, 15) is 10.5 Å². The van der Waals surface area contributed by atoms with Crippen LogP contribution in [-0.4, -0.2) is 13.7 Å². The smallest absolute Gasteiger partial charge is 0.0992 e. The van der Waals surface area contributed by atoms with Crippen LogP contribution in [0.25, 0.3) is 93.6 Å². The Morgan fingerprint density at radius 3 is 1.55 bits per heavy atom. The van der Waals surface area contributed by atoms with Crippen LogP contribution in [0.5, 0.6) is 0 Å². The van der Waals surface area contributed by atoms with Crippen LogP contribution in [0.1, 0.15) is 11.1 Å². The average Bonchev–Trinajstić information content (AvgIpc) is 3.89. The van der Waals surface area contributed by atoms with Crippen molar-refractivity contribution in [3.05, 3.63) is 187 Å². The monoisotopic (exact) mass is 699 g/mol. The average molecular weight is 700 g/mol. The minimum Gasteiger partial charge on any atom is -0.309 e. The maximum atomic E-state index is 10.4. The Hall–Kier alpha value is -7.86. The maximum absolute atomic E-state index is 10.4. The van der Waals surface area contributed by atoms with Gasteiger partial charge < -0.3 is 13.7 Å². The molecule has 3 aromatic heterocycles. The topological polar surface area (TPSA) is 62.4 Å². The lowest BCUT2D eigenvalue weighted by Gasteiger charge is -2.14. The van der Waals surface area contributed by atoms with Gasteiger partial charge in [0.25, 0.3) is 0 Å². The van der Waals surface area contributed by atoms with Crippen molar-refractivity contribution < 1.29 is 0 Å². The highest BCUT2D eigenvalue weighted by molar-refractivity contribution is 6.16. The van der Waals surface area contributed by atoms with Gasteiger partial charge in [-0.1, -0.05) is 91.0 Å². The van der Waals surface area contributed by atoms with Gasteiger partial charge in [0, 0.05) is 43.7 Å². The molecular weight excluding hydrogens is 671 g/mol. The van der Waals surface area contributed by atoms with Crippen molar-refractivity contribution in [2.75, 3.05) is 0 Å². The molecule has 5 nitrogen and oxygen atoms in total. The molecule has 11 aromatic rings. The van der Waals surface area contributed by atoms with Crippen molar-refractivity contribution >= 4 is 65.4 Å². The number of rotatable bonds is 4. The summed E-state index contributed by atoms with van der Waals surface area (Å²) in [6, 6.07) is 66.0. The van der Waals surface area contributed by atoms with E-state index in [-0.39, 0.29) is 0 Å². The Morgan fingerprint density at radius 2 is 0.855 bits per heavy atom. The van der Waals surface area contributed by atoms with E-state index in [0.717, 1.165) is 82.8 Å². The van der Waals surface area contributed by atoms with Gasteiger partial charge >= 0.3 is 0 Å². The van der Waals surface area contributed by atoms with Crippen LogP contribution in [-0.2, 0) is 0 Å². The van der Waals surface area contributed by atoms with E-state index in [4.69, 9.17) is 0 Å². The SMILES string of the molecule is N#Cc1cc(-c2cccc(-n3c4ccccc4c4ccccc43)c2)cc(-n2c3ccccc3c3c(-n4c5ccccc5c5cc(C#N)ccc54)cccc32)c1. The minimum absolute atomic E-state index is 0.590. The van der Waals surface area contributed by atoms with Gasteiger partial charge in [0.15, 0.2) is 0 Å². The first-order valence-corrected chi connectivity index (χ1v) is 18.3. The second-order valence-electron chi connectivity index (χ2n) is 14.0. The fraction of sp³-hybridized carbons (Fsp3) is 0. The molecule has 0 fully saturated rings. The number of fused-ring (bicyclic) bond motifs is 9. The molecule has 0 unspecified atom stereocenters. The molecular formula is C50H29N5. The third kappa shape index (κ3) is 4.51. The number of nitrogens with zero attached hydrogens (tertiary/aromatic N) is 5. The largest absolute Gasteiger partial charge is 0.309 e. The summed E-state index contributed by atoms with van der Waals surface area (Å²) < 4.78 is 6.94. The minimum atomic E-state index is 0.590. The molecule has 0 spiro atoms. The number of benzene rings is 8. The summed E-state index contributed by atoms with van der Waals surface area (Å²) in [5.74, 6) is 0. The van der Waals surface area contributed by atoms with E-state index in [1.54, 1.807) is 0 Å². The Balaban J connectivity index is 1.14. The number of hydrogen-bond acceptors (Lipinski definition) is 2. The van der Waals surface area contributed by atoms with E-state index < -0.39 is 0 Å². The van der Waals surface area contributed by atoms with Crippen LogP contribution in [0, 0.1) is 22.7 Å². The van der Waals surface area contributed by atoms with Crippen LogP contribution in [0.2, 0.25) is 0 Å². The zero-order valence-corrected chi connectivity index (χ0v) is 29.5. The van der Waals surface area contributed by atoms with Crippen LogP contribution >= 0.6 is 0 Å². The molecule has 0 saturated carbocycles. The lowest BCUT2D eigenvalue weighted by molar-refractivity contribution is 1.16. The maximum Gasteiger partial charge on any atom is 0.0992 e. The first kappa shape index (κ1) is 30.7. The number of hydrogen-bond donors (Lipinski definition) is 0. The van der Waals surface area contributed by atoms with E-state index in [1.807, 2.05) is 24.3 Å². The predicted octanol–water partition coefficient (Wildman–Crippen LogP) is 12.4. The molecule has 0 bridgehead atoms. The third-order valence-corrected chi connectivity index (χ3v) is 11.0. The Morgan fingerprint density at radius 1 is 0.327 bits per heavy atom. The van der Waals surface area contributed by atoms with Gasteiger partial charge in [0.1, 0.15) is 0 Å². The third-order valence-electron chi connectivity index (χ3n) is 11.0. The highest BCUT2D eigenvalue weighted by Crippen LogP contribution is 2.41. The molecule has 0 saturated heterocycles. The van der Waals surface area contributed by atoms with Crippen molar-refractivity contribution in [1.82, 2.24) is 13.7 Å². The Bertz CT molecular complexity index is 3420. The molecule has 11 rings (SSSR count). The molecule has 254 valence electrons. The Labute approximate surface area is 316 Å². The van der Waals surface area contributed by atoms with Gasteiger partial charge in [0.05, 0.1) is 62.1 Å². The van der Waals surface area contributed by atoms with Gasteiger partial charge in [-0.15, -0.1) is 0 Å². The molecule has 55 heavy (non-hydrogen) atoms. The number of para-hydroxylation sites is 4. The van der Waals surface area contributed by atoms with Crippen LogP contribution in [0.15, 0.2) is 176 Å². The zero-order chi connectivity index (χ0) is 36.6. The van der Waals surface area contributed by atoms with Crippen LogP contribution in [0.4, 0.5) is 0 Å². The second-order valence-corrected chi connectivity index (χ2v) is 14.0. The normalized spacial score (nSPS) is 11.6. The van der Waals surface area contributed by atoms with Gasteiger partial charge in [0.2, 0.25) is 0 Å². The number of aromatic nitrogens is 3. The molecule has 0 aliphatic carbocycles. The van der Waals surface area contributed by atoms with Crippen molar-refractivity contribution in [2.24, 2.45) is 0 Å². The quantitative estimate of drug-likeness (QED) is 0.184. The molecule has 5 heteroatoms. The van der Waals surface area contributed by atoms with Gasteiger partial charge in [-0.25, -0.2) is 0 Å². The second kappa shape index (κ2) is 11.8. The van der Waals surface area contributed by atoms with Crippen LogP contribution < -0.4 is 0 Å². The molecule has 0 radical (unpaired) electrons. The first-order chi connectivity index (χ1) is 27.2. The number of nitriles is 2. The Kier molecular flexibility index (Phi) is 6.61. The molecule has 0 aliphatic heterocycles. The molecule has 0 N–H and O–H groups in total. The summed E-state index contributed by atoms with van der Waals surface area (Å²) in [6.45, 7) is 0. The van der Waals surface area contributed by atoms with Crippen molar-refractivity contribution in [3.8, 4) is 40.3 Å². The van der Waals surface area contributed by atoms with E-state index in [0.29, 0.717) is 11.1 Å². The molecule has 8 aromatic carbocycles. The van der Waals surface area contributed by atoms with E-state index >= 15 is 0 Å². The van der Waals surface area contributed by atoms with E-state index in [1.165, 1.54) is 10.8 Å². The summed E-state index contributed by atoms with van der Waals surface area (Å²) in [5.41, 5.74) is 12.8. The van der Waals surface area contributed by atoms with E-state index in [2.05, 4.69) is 177 Å². The van der Waals surface area contributed by atoms with Crippen molar-refractivity contribution in [2.45, 2.75) is 0 Å². The summed E-state index contributed by atoms with van der Waals surface area (Å²) in [6.07, 6.45) is 0. The fourth-order valence-corrected chi connectivity index (χ4v) is 8.76. The summed E-state index contributed by atoms with van der Waals surface area (Å²) in [4.78, 5) is 0. The lowest BCUT2D eigenvalue weighted by atomic mass is 10.0. The summed E-state index contributed by atoms with van der Waals surface area (Å²) in [7, 11) is 0. The standard InChI is InChI=1S/C50H29N5/c51-30-32-23-24-47-42(27-32)40-15-3-7-19-45(40)55(47)49-22-10-21-48-50(49)41-16-4-8-20-46(41)54(48)37-26-33(31-52)25-35(29-37)34-11-9-12-36(28-34)53-43-17-5-1-13-38(43)39-14-2-6-18-44(39)53/h1-29H. The molecule has 0 aliphatic rings. The van der Waals surface area contributed by atoms with Gasteiger partial charge in [-0.3, -0.25) is 0 Å². The van der Waals surface area contributed by atoms with Crippen molar-refractivity contribution in [3.63, 3.8) is 0 Å². The fourth-order valence-electron chi connectivity index (χ4n) is 8.76. The zero-order valence-electron chi connectivity index (χ0n) is 29.5. The molecule has 3 heterocycles. The highest BCUT2D eigenvalue weighted by Gasteiger charge is 2.21. The van der Waals surface area contributed by atoms with Crippen molar-refractivity contribution in [1.29, 1.82) is 10.5 Å². The first-order valence-electron chi connectivity index (χ1n) is 18.3. The summed E-state index contributed by atoms with van der Waals surface area (Å²) >= 11 is 0. The van der Waals surface area contributed by atoms with Gasteiger partial charge in [-0.2, -0.15) is 10.5 Å². The van der Waals surface area contributed by atoms with Crippen LogP contribution in [0.3, 0.4) is 0 Å². The predicted molar refractivity (Wildman–Crippen MR) is 224 cm³/mol.